The molecule has 0 fully saturated rings. The minimum absolute atomic E-state index is 0.181. The molecule has 0 radical (unpaired) electrons. The van der Waals surface area contributed by atoms with Crippen LogP contribution >= 0.6 is 23.1 Å². The van der Waals surface area contributed by atoms with Gasteiger partial charge in [-0.2, -0.15) is 5.10 Å². The lowest BCUT2D eigenvalue weighted by molar-refractivity contribution is -0.115. The Morgan fingerprint density at radius 1 is 1.29 bits per heavy atom. The molecule has 3 N–H and O–H groups in total. The number of fused-ring (bicyclic) bond motifs is 1. The number of thioether (sulfide) groups is 1. The number of nitrogens with zero attached hydrogens (tertiary/aromatic N) is 6. The highest BCUT2D eigenvalue weighted by Gasteiger charge is 2.21. The number of benzene rings is 1. The number of nitrogens with two attached hydrogens (primary N) is 1. The van der Waals surface area contributed by atoms with Gasteiger partial charge >= 0.3 is 0 Å². The molecule has 3 heterocycles. The molecule has 0 aliphatic carbocycles. The Balaban J connectivity index is 1.48. The van der Waals surface area contributed by atoms with Crippen molar-refractivity contribution in [2.24, 2.45) is 0 Å². The molecule has 0 aliphatic rings. The van der Waals surface area contributed by atoms with Crippen LogP contribution in [0.1, 0.15) is 18.3 Å². The lowest BCUT2D eigenvalue weighted by Gasteiger charge is -2.10. The largest absolute Gasteiger partial charge is 0.334 e. The van der Waals surface area contributed by atoms with Crippen molar-refractivity contribution >= 4 is 44.4 Å². The van der Waals surface area contributed by atoms with E-state index in [-0.39, 0.29) is 5.91 Å². The SMILES string of the molecule is Cc1cc(C)n(-c2nnc(SC(C)C(=O)Nc3nc4ccccc4s3)n2N)n1. The van der Waals surface area contributed by atoms with Crippen LogP contribution in [0.2, 0.25) is 0 Å². The van der Waals surface area contributed by atoms with Crippen LogP contribution in [0.25, 0.3) is 16.2 Å². The van der Waals surface area contributed by atoms with Crippen LogP contribution in [0, 0.1) is 13.8 Å². The van der Waals surface area contributed by atoms with E-state index in [0.717, 1.165) is 21.6 Å². The molecule has 11 heteroatoms. The summed E-state index contributed by atoms with van der Waals surface area (Å²) in [6.45, 7) is 5.59. The number of carbonyl (C=O) groups is 1. The topological polar surface area (TPSA) is 117 Å². The van der Waals surface area contributed by atoms with Gasteiger partial charge in [0.15, 0.2) is 5.13 Å². The molecular formula is C17H18N8OS2. The van der Waals surface area contributed by atoms with Crippen molar-refractivity contribution in [3.05, 3.63) is 41.7 Å². The maximum Gasteiger partial charge on any atom is 0.271 e. The number of para-hydroxylation sites is 1. The molecule has 0 aliphatic heterocycles. The molecule has 0 saturated carbocycles. The van der Waals surface area contributed by atoms with Crippen LogP contribution in [-0.2, 0) is 4.79 Å². The van der Waals surface area contributed by atoms with Crippen molar-refractivity contribution < 1.29 is 4.79 Å². The molecule has 4 rings (SSSR count). The number of nitrogens with one attached hydrogen (secondary N) is 1. The van der Waals surface area contributed by atoms with Crippen LogP contribution in [0.3, 0.4) is 0 Å². The standard InChI is InChI=1S/C17H18N8OS2/c1-9-8-10(2)25(23-9)16-21-22-17(24(16)18)27-11(3)14(26)20-15-19-12-6-4-5-7-13(12)28-15/h4-8,11H,18H2,1-3H3,(H,19,20,26). The Kier molecular flexibility index (Phi) is 4.77. The number of anilines is 1. The summed E-state index contributed by atoms with van der Waals surface area (Å²) in [5.41, 5.74) is 2.62. The Hall–Kier alpha value is -2.92. The fourth-order valence-electron chi connectivity index (χ4n) is 2.67. The van der Waals surface area contributed by atoms with Crippen molar-refractivity contribution in [2.75, 3.05) is 11.2 Å². The van der Waals surface area contributed by atoms with Gasteiger partial charge in [-0.25, -0.2) is 14.3 Å². The summed E-state index contributed by atoms with van der Waals surface area (Å²) >= 11 is 2.66. The highest BCUT2D eigenvalue weighted by molar-refractivity contribution is 8.00. The van der Waals surface area contributed by atoms with Gasteiger partial charge in [0, 0.05) is 5.69 Å². The van der Waals surface area contributed by atoms with Gasteiger partial charge in [-0.3, -0.25) is 4.79 Å². The third kappa shape index (κ3) is 3.45. The Labute approximate surface area is 168 Å². The van der Waals surface area contributed by atoms with Crippen molar-refractivity contribution in [3.63, 3.8) is 0 Å². The molecule has 1 amide bonds. The number of thiazole rings is 1. The molecule has 4 aromatic rings. The molecule has 3 aromatic heterocycles. The summed E-state index contributed by atoms with van der Waals surface area (Å²) < 4.78 is 3.98. The first-order valence-corrected chi connectivity index (χ1v) is 10.2. The second-order valence-electron chi connectivity index (χ2n) is 6.23. The summed E-state index contributed by atoms with van der Waals surface area (Å²) in [5, 5.41) is 16.0. The van der Waals surface area contributed by atoms with Crippen molar-refractivity contribution in [3.8, 4) is 5.95 Å². The summed E-state index contributed by atoms with van der Waals surface area (Å²) in [7, 11) is 0. The monoisotopic (exact) mass is 414 g/mol. The second-order valence-corrected chi connectivity index (χ2v) is 8.57. The maximum absolute atomic E-state index is 12.6. The quantitative estimate of drug-likeness (QED) is 0.381. The third-order valence-electron chi connectivity index (χ3n) is 4.02. The van der Waals surface area contributed by atoms with E-state index in [0.29, 0.717) is 16.2 Å². The third-order valence-corrected chi connectivity index (χ3v) is 6.03. The van der Waals surface area contributed by atoms with Gasteiger partial charge in [-0.05, 0) is 39.0 Å². The normalized spacial score (nSPS) is 12.4. The smallest absolute Gasteiger partial charge is 0.271 e. The number of hydrogen-bond acceptors (Lipinski definition) is 8. The predicted octanol–water partition coefficient (Wildman–Crippen LogP) is 2.52. The predicted molar refractivity (Wildman–Crippen MR) is 110 cm³/mol. The number of carbonyl (C=O) groups excluding carboxylic acids is 1. The molecular weight excluding hydrogens is 396 g/mol. The maximum atomic E-state index is 12.6. The van der Waals surface area contributed by atoms with E-state index < -0.39 is 5.25 Å². The highest BCUT2D eigenvalue weighted by atomic mass is 32.2. The lowest BCUT2D eigenvalue weighted by atomic mass is 10.3. The van der Waals surface area contributed by atoms with Crippen LogP contribution in [-0.4, -0.2) is 40.8 Å². The molecule has 9 nitrogen and oxygen atoms in total. The van der Waals surface area contributed by atoms with Gasteiger partial charge in [-0.15, -0.1) is 10.2 Å². The van der Waals surface area contributed by atoms with Crippen molar-refractivity contribution in [1.82, 2.24) is 29.6 Å². The molecule has 1 unspecified atom stereocenters. The number of aromatic nitrogens is 6. The zero-order chi connectivity index (χ0) is 19.8. The zero-order valence-electron chi connectivity index (χ0n) is 15.4. The number of nitrogen functional groups attached to an aromatic ring is 1. The van der Waals surface area contributed by atoms with Gasteiger partial charge in [0.2, 0.25) is 11.1 Å². The molecule has 1 aromatic carbocycles. The van der Waals surface area contributed by atoms with Crippen molar-refractivity contribution in [1.29, 1.82) is 0 Å². The fourth-order valence-corrected chi connectivity index (χ4v) is 4.30. The van der Waals surface area contributed by atoms with E-state index in [1.54, 1.807) is 11.6 Å². The van der Waals surface area contributed by atoms with E-state index in [9.17, 15) is 4.79 Å². The van der Waals surface area contributed by atoms with Gasteiger partial charge in [0.05, 0.1) is 21.2 Å². The first kappa shape index (κ1) is 18.4. The van der Waals surface area contributed by atoms with Gasteiger partial charge in [0.1, 0.15) is 0 Å². The molecule has 144 valence electrons. The van der Waals surface area contributed by atoms with Crippen LogP contribution in [0.5, 0.6) is 0 Å². The Morgan fingerprint density at radius 3 is 2.79 bits per heavy atom. The van der Waals surface area contributed by atoms with E-state index in [4.69, 9.17) is 5.84 Å². The first-order chi connectivity index (χ1) is 13.4. The number of hydrogen-bond donors (Lipinski definition) is 2. The summed E-state index contributed by atoms with van der Waals surface area (Å²) in [6.07, 6.45) is 0. The fraction of sp³-hybridized carbons (Fsp3) is 0.235. The van der Waals surface area contributed by atoms with Crippen molar-refractivity contribution in [2.45, 2.75) is 31.2 Å². The highest BCUT2D eigenvalue weighted by Crippen LogP contribution is 2.27. The lowest BCUT2D eigenvalue weighted by Crippen LogP contribution is -2.24. The average molecular weight is 415 g/mol. The van der Waals surface area contributed by atoms with E-state index in [1.807, 2.05) is 44.2 Å². The molecule has 1 atom stereocenters. The summed E-state index contributed by atoms with van der Waals surface area (Å²) in [4.78, 5) is 17.0. The van der Waals surface area contributed by atoms with E-state index >= 15 is 0 Å². The van der Waals surface area contributed by atoms with Gasteiger partial charge in [-0.1, -0.05) is 35.2 Å². The average Bonchev–Trinajstić information content (AvgIpc) is 3.32. The van der Waals surface area contributed by atoms with Gasteiger partial charge in [0.25, 0.3) is 5.95 Å². The number of rotatable bonds is 5. The molecule has 0 spiro atoms. The Bertz CT molecular complexity index is 1130. The van der Waals surface area contributed by atoms with Crippen LogP contribution in [0.15, 0.2) is 35.5 Å². The van der Waals surface area contributed by atoms with Crippen LogP contribution < -0.4 is 11.2 Å². The minimum atomic E-state index is -0.438. The minimum Gasteiger partial charge on any atom is -0.334 e. The van der Waals surface area contributed by atoms with Gasteiger partial charge < -0.3 is 11.2 Å². The zero-order valence-corrected chi connectivity index (χ0v) is 17.1. The second kappa shape index (κ2) is 7.24. The van der Waals surface area contributed by atoms with E-state index in [2.05, 4.69) is 25.6 Å². The van der Waals surface area contributed by atoms with Crippen LogP contribution in [0.4, 0.5) is 5.13 Å². The molecule has 28 heavy (non-hydrogen) atoms. The summed E-state index contributed by atoms with van der Waals surface area (Å²) in [5.74, 6) is 6.35. The Morgan fingerprint density at radius 2 is 2.07 bits per heavy atom. The molecule has 0 saturated heterocycles. The number of aryl methyl sites for hydroxylation is 2. The number of amides is 1. The van der Waals surface area contributed by atoms with E-state index in [1.165, 1.54) is 27.8 Å². The first-order valence-electron chi connectivity index (χ1n) is 8.49. The summed E-state index contributed by atoms with van der Waals surface area (Å²) in [6, 6.07) is 9.67. The molecule has 0 bridgehead atoms.